The van der Waals surface area contributed by atoms with Crippen LogP contribution in [0.1, 0.15) is 11.3 Å². The van der Waals surface area contributed by atoms with Crippen molar-refractivity contribution >= 4 is 55.1 Å². The van der Waals surface area contributed by atoms with Crippen LogP contribution >= 0.6 is 11.6 Å². The number of aromatic nitrogens is 2. The van der Waals surface area contributed by atoms with Gasteiger partial charge in [0.05, 0.1) is 26.9 Å². The number of pyridine rings is 1. The Kier molecular flexibility index (Phi) is 5.32. The Morgan fingerprint density at radius 1 is 0.972 bits per heavy atom. The minimum Gasteiger partial charge on any atom is -0.494 e. The molecule has 0 bridgehead atoms. The number of H-pyrrole nitrogens is 1. The number of fused-ring (bicyclic) bond motifs is 3. The molecule has 0 unspecified atom stereocenters. The van der Waals surface area contributed by atoms with Gasteiger partial charge in [0.15, 0.2) is 5.88 Å². The number of benzene rings is 3. The van der Waals surface area contributed by atoms with Gasteiger partial charge in [-0.3, -0.25) is 9.71 Å². The molecular formula is C28H20ClN3O3S. The lowest BCUT2D eigenvalue weighted by molar-refractivity contribution is 0.460. The highest BCUT2D eigenvalue weighted by Crippen LogP contribution is 2.39. The summed E-state index contributed by atoms with van der Waals surface area (Å²) in [4.78, 5) is 7.87. The number of halogens is 1. The molecule has 1 aliphatic carbocycles. The first-order valence-corrected chi connectivity index (χ1v) is 13.1. The van der Waals surface area contributed by atoms with Gasteiger partial charge in [-0.15, -0.1) is 0 Å². The number of hydrogen-bond acceptors (Lipinski definition) is 4. The molecular weight excluding hydrogens is 494 g/mol. The number of rotatable bonds is 4. The number of sulfonamides is 1. The molecule has 2 heterocycles. The van der Waals surface area contributed by atoms with E-state index >= 15 is 0 Å². The molecule has 3 aromatic carbocycles. The van der Waals surface area contributed by atoms with Gasteiger partial charge in [-0.1, -0.05) is 66.2 Å². The fourth-order valence-corrected chi connectivity index (χ4v) is 5.85. The van der Waals surface area contributed by atoms with Gasteiger partial charge in [-0.05, 0) is 47.2 Å². The number of nitrogens with zero attached hydrogens (tertiary/aromatic N) is 1. The SMILES string of the molecule is O=S(=O)(Nc1ccc2[nH]c(O)c(-c3cc(Cl)c4c(n3)CC=CC=C4)c2c1)c1ccc2ccccc2c1. The van der Waals surface area contributed by atoms with E-state index in [-0.39, 0.29) is 10.8 Å². The standard InChI is InChI=1S/C28H20ClN3O3S/c29-23-16-26(30-24-9-3-1-2-8-21(23)24)27-22-15-19(11-13-25(22)31-28(27)33)32-36(34,35)20-12-10-17-6-4-5-7-18(17)14-20/h1-8,10-16,31-33H,9H2. The zero-order valence-corrected chi connectivity index (χ0v) is 20.4. The third-order valence-corrected chi connectivity index (χ3v) is 7.92. The second-order valence-electron chi connectivity index (χ2n) is 8.56. The molecule has 36 heavy (non-hydrogen) atoms. The average Bonchev–Trinajstić information content (AvgIpc) is 3.01. The minimum absolute atomic E-state index is 0.0669. The van der Waals surface area contributed by atoms with Crippen molar-refractivity contribution in [3.63, 3.8) is 0 Å². The molecule has 0 fully saturated rings. The van der Waals surface area contributed by atoms with E-state index in [1.165, 1.54) is 0 Å². The van der Waals surface area contributed by atoms with Crippen molar-refractivity contribution in [3.05, 3.63) is 101 Å². The second-order valence-corrected chi connectivity index (χ2v) is 10.7. The van der Waals surface area contributed by atoms with E-state index in [4.69, 9.17) is 16.6 Å². The molecule has 5 aromatic rings. The summed E-state index contributed by atoms with van der Waals surface area (Å²) >= 11 is 6.57. The lowest BCUT2D eigenvalue weighted by atomic mass is 10.1. The van der Waals surface area contributed by atoms with Crippen LogP contribution in [0.25, 0.3) is 39.0 Å². The normalized spacial score (nSPS) is 13.1. The van der Waals surface area contributed by atoms with Crippen molar-refractivity contribution in [3.8, 4) is 17.1 Å². The number of aromatic amines is 1. The van der Waals surface area contributed by atoms with E-state index in [0.29, 0.717) is 39.3 Å². The first-order valence-electron chi connectivity index (χ1n) is 11.3. The quantitative estimate of drug-likeness (QED) is 0.250. The molecule has 178 valence electrons. The summed E-state index contributed by atoms with van der Waals surface area (Å²) in [6.07, 6.45) is 8.36. The zero-order valence-electron chi connectivity index (χ0n) is 18.9. The first-order chi connectivity index (χ1) is 17.4. The average molecular weight is 514 g/mol. The number of nitrogens with one attached hydrogen (secondary N) is 2. The third kappa shape index (κ3) is 3.92. The number of aromatic hydroxyl groups is 1. The fourth-order valence-electron chi connectivity index (χ4n) is 4.49. The molecule has 0 spiro atoms. The van der Waals surface area contributed by atoms with Crippen LogP contribution in [0, 0.1) is 0 Å². The van der Waals surface area contributed by atoms with Gasteiger partial charge in [0, 0.05) is 28.6 Å². The molecule has 8 heteroatoms. The van der Waals surface area contributed by atoms with Gasteiger partial charge < -0.3 is 10.1 Å². The summed E-state index contributed by atoms with van der Waals surface area (Å²) in [7, 11) is -3.84. The lowest BCUT2D eigenvalue weighted by Crippen LogP contribution is -2.12. The summed E-state index contributed by atoms with van der Waals surface area (Å²) in [6.45, 7) is 0. The number of allylic oxidation sites excluding steroid dienone is 3. The Hall–Kier alpha value is -4.07. The molecule has 0 radical (unpaired) electrons. The summed E-state index contributed by atoms with van der Waals surface area (Å²) in [5.41, 5.74) is 3.60. The van der Waals surface area contributed by atoms with Crippen LogP contribution in [0.4, 0.5) is 5.69 Å². The minimum atomic E-state index is -3.84. The van der Waals surface area contributed by atoms with E-state index < -0.39 is 10.0 Å². The van der Waals surface area contributed by atoms with Gasteiger partial charge in [-0.2, -0.15) is 0 Å². The topological polar surface area (TPSA) is 95.1 Å². The Balaban J connectivity index is 1.41. The predicted octanol–water partition coefficient (Wildman–Crippen LogP) is 6.67. The van der Waals surface area contributed by atoms with Crippen LogP contribution in [0.15, 0.2) is 89.9 Å². The first kappa shape index (κ1) is 22.4. The maximum Gasteiger partial charge on any atom is 0.261 e. The van der Waals surface area contributed by atoms with E-state index in [2.05, 4.69) is 9.71 Å². The molecule has 3 N–H and O–H groups in total. The largest absolute Gasteiger partial charge is 0.494 e. The van der Waals surface area contributed by atoms with Crippen molar-refractivity contribution in [2.24, 2.45) is 0 Å². The van der Waals surface area contributed by atoms with Crippen LogP contribution < -0.4 is 4.72 Å². The van der Waals surface area contributed by atoms with Crippen molar-refractivity contribution in [2.75, 3.05) is 4.72 Å². The van der Waals surface area contributed by atoms with E-state index in [9.17, 15) is 13.5 Å². The molecule has 0 saturated heterocycles. The number of anilines is 1. The highest BCUT2D eigenvalue weighted by Gasteiger charge is 2.20. The molecule has 2 aromatic heterocycles. The summed E-state index contributed by atoms with van der Waals surface area (Å²) in [5.74, 6) is -0.0669. The zero-order chi connectivity index (χ0) is 24.9. The van der Waals surface area contributed by atoms with Crippen molar-refractivity contribution in [2.45, 2.75) is 11.3 Å². The van der Waals surface area contributed by atoms with E-state index in [1.54, 1.807) is 42.5 Å². The van der Waals surface area contributed by atoms with Crippen LogP contribution in [-0.4, -0.2) is 23.5 Å². The van der Waals surface area contributed by atoms with Gasteiger partial charge in [-0.25, -0.2) is 8.42 Å². The fraction of sp³-hybridized carbons (Fsp3) is 0.0357. The highest BCUT2D eigenvalue weighted by atomic mass is 35.5. The molecule has 0 amide bonds. The summed E-state index contributed by atoms with van der Waals surface area (Å²) in [5, 5.41) is 13.7. The van der Waals surface area contributed by atoms with Gasteiger partial charge in [0.1, 0.15) is 0 Å². The van der Waals surface area contributed by atoms with Gasteiger partial charge in [0.25, 0.3) is 10.0 Å². The molecule has 0 aliphatic heterocycles. The van der Waals surface area contributed by atoms with Crippen molar-refractivity contribution in [1.29, 1.82) is 0 Å². The molecule has 1 aliphatic rings. The maximum absolute atomic E-state index is 13.2. The second kappa shape index (κ2) is 8.55. The molecule has 6 rings (SSSR count). The summed E-state index contributed by atoms with van der Waals surface area (Å²) < 4.78 is 29.0. The van der Waals surface area contributed by atoms with Crippen LogP contribution in [0.5, 0.6) is 5.88 Å². The van der Waals surface area contributed by atoms with Crippen molar-refractivity contribution in [1.82, 2.24) is 9.97 Å². The smallest absolute Gasteiger partial charge is 0.261 e. The highest BCUT2D eigenvalue weighted by molar-refractivity contribution is 7.92. The van der Waals surface area contributed by atoms with Crippen LogP contribution in [0.2, 0.25) is 5.02 Å². The number of hydrogen-bond donors (Lipinski definition) is 3. The van der Waals surface area contributed by atoms with Gasteiger partial charge in [0.2, 0.25) is 0 Å². The molecule has 0 atom stereocenters. The van der Waals surface area contributed by atoms with Gasteiger partial charge >= 0.3 is 0 Å². The summed E-state index contributed by atoms with van der Waals surface area (Å²) in [6, 6.07) is 19.4. The molecule has 0 saturated carbocycles. The Bertz CT molecular complexity index is 1840. The molecule has 6 nitrogen and oxygen atoms in total. The van der Waals surface area contributed by atoms with Crippen LogP contribution in [-0.2, 0) is 16.4 Å². The lowest BCUT2D eigenvalue weighted by Gasteiger charge is -2.11. The Labute approximate surface area is 212 Å². The van der Waals surface area contributed by atoms with Crippen LogP contribution in [0.3, 0.4) is 0 Å². The third-order valence-electron chi connectivity index (χ3n) is 6.23. The van der Waals surface area contributed by atoms with Crippen molar-refractivity contribution < 1.29 is 13.5 Å². The Morgan fingerprint density at radius 3 is 2.67 bits per heavy atom. The maximum atomic E-state index is 13.2. The predicted molar refractivity (Wildman–Crippen MR) is 145 cm³/mol. The Morgan fingerprint density at radius 2 is 1.81 bits per heavy atom. The monoisotopic (exact) mass is 513 g/mol. The van der Waals surface area contributed by atoms with E-state index in [1.807, 2.05) is 48.6 Å². The van der Waals surface area contributed by atoms with E-state index in [0.717, 1.165) is 22.0 Å².